The minimum Gasteiger partial charge on any atom is -0.396 e. The number of unbranched alkanes of at least 4 members (excludes halogenated alkanes) is 11. The lowest BCUT2D eigenvalue weighted by molar-refractivity contribution is -0.108. The Bertz CT molecular complexity index is 221. The van der Waals surface area contributed by atoms with Gasteiger partial charge in [0.25, 0.3) is 0 Å². The largest absolute Gasteiger partial charge is 0.396 e. The van der Waals surface area contributed by atoms with Crippen molar-refractivity contribution in [1.82, 2.24) is 4.90 Å². The van der Waals surface area contributed by atoms with Gasteiger partial charge < -0.3 is 9.90 Å². The number of aliphatic hydroxyl groups is 1. The van der Waals surface area contributed by atoms with Crippen molar-refractivity contribution in [2.24, 2.45) is 0 Å². The number of aliphatic hydroxyl groups excluding tert-OH is 1. The van der Waals surface area contributed by atoms with Gasteiger partial charge in [-0.15, -0.1) is 0 Å². The molecule has 0 aromatic rings. The van der Waals surface area contributed by atoms with E-state index in [1.807, 2.05) is 0 Å². The van der Waals surface area contributed by atoms with Crippen molar-refractivity contribution in [2.75, 3.05) is 26.2 Å². The zero-order valence-corrected chi connectivity index (χ0v) is 14.9. The highest BCUT2D eigenvalue weighted by atomic mass is 16.3. The Kier molecular flexibility index (Phi) is 18.3. The van der Waals surface area contributed by atoms with E-state index in [4.69, 9.17) is 5.11 Å². The van der Waals surface area contributed by atoms with E-state index in [0.717, 1.165) is 25.8 Å². The predicted molar refractivity (Wildman–Crippen MR) is 95.3 cm³/mol. The van der Waals surface area contributed by atoms with E-state index in [2.05, 4.69) is 11.8 Å². The molecular formula is C19H39NO2. The van der Waals surface area contributed by atoms with Gasteiger partial charge >= 0.3 is 0 Å². The molecule has 3 heteroatoms. The topological polar surface area (TPSA) is 40.5 Å². The second-order valence-electron chi connectivity index (χ2n) is 6.43. The molecular weight excluding hydrogens is 274 g/mol. The minimum atomic E-state index is 0.216. The summed E-state index contributed by atoms with van der Waals surface area (Å²) in [5.74, 6) is 0. The van der Waals surface area contributed by atoms with Crippen LogP contribution in [0.1, 0.15) is 90.4 Å². The fraction of sp³-hybridized carbons (Fsp3) is 0.947. The molecule has 132 valence electrons. The van der Waals surface area contributed by atoms with Crippen molar-refractivity contribution >= 4 is 6.29 Å². The van der Waals surface area contributed by atoms with Gasteiger partial charge in [-0.05, 0) is 19.4 Å². The summed E-state index contributed by atoms with van der Waals surface area (Å²) in [5, 5.41) is 8.84. The van der Waals surface area contributed by atoms with E-state index in [1.54, 1.807) is 0 Å². The molecule has 0 amide bonds. The summed E-state index contributed by atoms with van der Waals surface area (Å²) in [4.78, 5) is 12.7. The number of nitrogens with zero attached hydrogens (tertiary/aromatic N) is 1. The lowest BCUT2D eigenvalue weighted by Crippen LogP contribution is -2.28. The molecule has 0 heterocycles. The molecule has 0 bridgehead atoms. The van der Waals surface area contributed by atoms with E-state index in [-0.39, 0.29) is 6.61 Å². The number of carbonyl (C=O) groups is 1. The number of rotatable bonds is 18. The Labute approximate surface area is 138 Å². The zero-order chi connectivity index (χ0) is 16.3. The van der Waals surface area contributed by atoms with E-state index < -0.39 is 0 Å². The number of hydrogen-bond donors (Lipinski definition) is 1. The molecule has 1 N–H and O–H groups in total. The molecule has 3 nitrogen and oxygen atoms in total. The normalized spacial score (nSPS) is 11.2. The van der Waals surface area contributed by atoms with Crippen molar-refractivity contribution < 1.29 is 9.90 Å². The fourth-order valence-electron chi connectivity index (χ4n) is 2.87. The lowest BCUT2D eigenvalue weighted by Gasteiger charge is -2.18. The molecule has 22 heavy (non-hydrogen) atoms. The van der Waals surface area contributed by atoms with Crippen LogP contribution in [0, 0.1) is 0 Å². The molecule has 0 aliphatic heterocycles. The number of carbonyl (C=O) groups excluding carboxylic acids is 1. The first kappa shape index (κ1) is 21.6. The molecule has 0 aliphatic carbocycles. The number of hydrogen-bond acceptors (Lipinski definition) is 3. The number of aldehydes is 1. The van der Waals surface area contributed by atoms with Crippen LogP contribution < -0.4 is 0 Å². The van der Waals surface area contributed by atoms with Crippen LogP contribution in [0.3, 0.4) is 0 Å². The molecule has 0 aromatic carbocycles. The van der Waals surface area contributed by atoms with Gasteiger partial charge in [0.2, 0.25) is 0 Å². The van der Waals surface area contributed by atoms with Crippen LogP contribution in [0.25, 0.3) is 0 Å². The maximum Gasteiger partial charge on any atom is 0.133 e. The minimum absolute atomic E-state index is 0.216. The molecule has 0 atom stereocenters. The standard InChI is InChI=1S/C19H39NO2/c1-2-3-4-5-6-7-8-9-10-11-12-13-15-20(17-19-22)16-14-18-21/h19,21H,2-18H2,1H3. The van der Waals surface area contributed by atoms with Gasteiger partial charge in [-0.25, -0.2) is 0 Å². The third kappa shape index (κ3) is 16.0. The molecule has 0 saturated carbocycles. The first-order valence-corrected chi connectivity index (χ1v) is 9.62. The van der Waals surface area contributed by atoms with Crippen molar-refractivity contribution in [3.63, 3.8) is 0 Å². The van der Waals surface area contributed by atoms with Crippen molar-refractivity contribution in [1.29, 1.82) is 0 Å². The lowest BCUT2D eigenvalue weighted by atomic mass is 10.1. The van der Waals surface area contributed by atoms with E-state index in [0.29, 0.717) is 6.54 Å². The average molecular weight is 314 g/mol. The summed E-state index contributed by atoms with van der Waals surface area (Å²) in [6.07, 6.45) is 18.1. The van der Waals surface area contributed by atoms with Crippen molar-refractivity contribution in [3.8, 4) is 0 Å². The maximum atomic E-state index is 10.6. The quantitative estimate of drug-likeness (QED) is 0.298. The van der Waals surface area contributed by atoms with Gasteiger partial charge in [-0.2, -0.15) is 0 Å². The second-order valence-corrected chi connectivity index (χ2v) is 6.43. The molecule has 0 unspecified atom stereocenters. The summed E-state index contributed by atoms with van der Waals surface area (Å²) in [6, 6.07) is 0. The van der Waals surface area contributed by atoms with Crippen molar-refractivity contribution in [2.45, 2.75) is 90.4 Å². The van der Waals surface area contributed by atoms with Gasteiger partial charge in [-0.3, -0.25) is 4.90 Å². The van der Waals surface area contributed by atoms with Gasteiger partial charge in [0.1, 0.15) is 6.29 Å². The van der Waals surface area contributed by atoms with E-state index in [1.165, 1.54) is 77.0 Å². The molecule has 0 radical (unpaired) electrons. The predicted octanol–water partition coefficient (Wildman–Crippen LogP) is 4.57. The second kappa shape index (κ2) is 18.6. The SMILES string of the molecule is CCCCCCCCCCCCCCN(CC=O)CCCO. The summed E-state index contributed by atoms with van der Waals surface area (Å²) in [5.41, 5.74) is 0. The fourth-order valence-corrected chi connectivity index (χ4v) is 2.87. The molecule has 0 aromatic heterocycles. The van der Waals surface area contributed by atoms with Gasteiger partial charge in [0.15, 0.2) is 0 Å². The highest BCUT2D eigenvalue weighted by Crippen LogP contribution is 2.12. The van der Waals surface area contributed by atoms with Gasteiger partial charge in [0.05, 0.1) is 6.54 Å². The molecule has 0 fully saturated rings. The van der Waals surface area contributed by atoms with Gasteiger partial charge in [-0.1, -0.05) is 77.6 Å². The first-order chi connectivity index (χ1) is 10.8. The highest BCUT2D eigenvalue weighted by Gasteiger charge is 2.03. The Balaban J connectivity index is 3.25. The summed E-state index contributed by atoms with van der Waals surface area (Å²) in [6.45, 7) is 4.83. The van der Waals surface area contributed by atoms with Gasteiger partial charge in [0, 0.05) is 13.2 Å². The molecule has 0 spiro atoms. The first-order valence-electron chi connectivity index (χ1n) is 9.62. The van der Waals surface area contributed by atoms with Crippen LogP contribution >= 0.6 is 0 Å². The monoisotopic (exact) mass is 313 g/mol. The van der Waals surface area contributed by atoms with Crippen LogP contribution in [0.5, 0.6) is 0 Å². The van der Waals surface area contributed by atoms with Crippen LogP contribution in [0.4, 0.5) is 0 Å². The Morgan fingerprint density at radius 3 is 1.64 bits per heavy atom. The van der Waals surface area contributed by atoms with Crippen LogP contribution in [0.15, 0.2) is 0 Å². The van der Waals surface area contributed by atoms with E-state index in [9.17, 15) is 4.79 Å². The molecule has 0 rings (SSSR count). The van der Waals surface area contributed by atoms with Crippen molar-refractivity contribution in [3.05, 3.63) is 0 Å². The van der Waals surface area contributed by atoms with Crippen LogP contribution in [-0.4, -0.2) is 42.5 Å². The summed E-state index contributed by atoms with van der Waals surface area (Å²) in [7, 11) is 0. The Morgan fingerprint density at radius 1 is 0.727 bits per heavy atom. The third-order valence-corrected chi connectivity index (χ3v) is 4.29. The molecule has 0 aliphatic rings. The van der Waals surface area contributed by atoms with Crippen LogP contribution in [-0.2, 0) is 4.79 Å². The van der Waals surface area contributed by atoms with E-state index >= 15 is 0 Å². The Hall–Kier alpha value is -0.410. The highest BCUT2D eigenvalue weighted by molar-refractivity contribution is 5.51. The molecule has 0 saturated heterocycles. The summed E-state index contributed by atoms with van der Waals surface area (Å²) < 4.78 is 0. The smallest absolute Gasteiger partial charge is 0.133 e. The van der Waals surface area contributed by atoms with Crippen LogP contribution in [0.2, 0.25) is 0 Å². The maximum absolute atomic E-state index is 10.6. The Morgan fingerprint density at radius 2 is 1.18 bits per heavy atom. The summed E-state index contributed by atoms with van der Waals surface area (Å²) >= 11 is 0. The average Bonchev–Trinajstić information content (AvgIpc) is 2.53. The third-order valence-electron chi connectivity index (χ3n) is 4.29. The zero-order valence-electron chi connectivity index (χ0n) is 14.9.